The number of aromatic nitrogens is 2. The topological polar surface area (TPSA) is 43.8 Å². The summed E-state index contributed by atoms with van der Waals surface area (Å²) in [5.41, 5.74) is 8.18. The molecule has 0 aliphatic rings. The van der Waals surface area contributed by atoms with Gasteiger partial charge in [0.15, 0.2) is 0 Å². The van der Waals surface area contributed by atoms with Gasteiger partial charge in [-0.25, -0.2) is 4.98 Å². The molecule has 0 aliphatic heterocycles. The summed E-state index contributed by atoms with van der Waals surface area (Å²) in [6, 6.07) is 0. The Labute approximate surface area is 86.3 Å². The van der Waals surface area contributed by atoms with Crippen molar-refractivity contribution in [3.63, 3.8) is 0 Å². The van der Waals surface area contributed by atoms with Crippen molar-refractivity contribution in [3.05, 3.63) is 17.2 Å². The average Bonchev–Trinajstić information content (AvgIpc) is 2.32. The Morgan fingerprint density at radius 1 is 1.36 bits per heavy atom. The molecule has 0 radical (unpaired) electrons. The van der Waals surface area contributed by atoms with Crippen LogP contribution in [-0.4, -0.2) is 16.1 Å². The number of hydrogen-bond acceptors (Lipinski definition) is 2. The third-order valence-electron chi connectivity index (χ3n) is 2.53. The maximum absolute atomic E-state index is 5.61. The fourth-order valence-corrected chi connectivity index (χ4v) is 1.68. The van der Waals surface area contributed by atoms with Crippen molar-refractivity contribution in [2.24, 2.45) is 12.8 Å². The Hall–Kier alpha value is -0.830. The Morgan fingerprint density at radius 2 is 1.93 bits per heavy atom. The zero-order chi connectivity index (χ0) is 10.9. The van der Waals surface area contributed by atoms with E-state index >= 15 is 0 Å². The third-order valence-corrected chi connectivity index (χ3v) is 2.53. The summed E-state index contributed by atoms with van der Waals surface area (Å²) in [7, 11) is 2.06. The molecule has 1 heterocycles. The second kappa shape index (κ2) is 3.73. The van der Waals surface area contributed by atoms with Crippen LogP contribution in [0.4, 0.5) is 0 Å². The molecule has 0 fully saturated rings. The first-order chi connectivity index (χ1) is 6.38. The minimum absolute atomic E-state index is 0.108. The van der Waals surface area contributed by atoms with Crippen molar-refractivity contribution < 1.29 is 0 Å². The molecule has 1 aromatic heterocycles. The largest absolute Gasteiger partial charge is 0.335 e. The molecule has 0 atom stereocenters. The van der Waals surface area contributed by atoms with Crippen LogP contribution < -0.4 is 5.73 Å². The first kappa shape index (κ1) is 11.2. The fraction of sp³-hybridized carbons (Fsp3) is 0.727. The Bertz CT molecular complexity index is 318. The van der Waals surface area contributed by atoms with Gasteiger partial charge in [-0.1, -0.05) is 20.8 Å². The van der Waals surface area contributed by atoms with Crippen LogP contribution in [0.5, 0.6) is 0 Å². The van der Waals surface area contributed by atoms with E-state index in [1.54, 1.807) is 0 Å². The highest BCUT2D eigenvalue weighted by molar-refractivity contribution is 5.24. The van der Waals surface area contributed by atoms with Crippen molar-refractivity contribution in [3.8, 4) is 0 Å². The van der Waals surface area contributed by atoms with Crippen LogP contribution in [0.3, 0.4) is 0 Å². The summed E-state index contributed by atoms with van der Waals surface area (Å²) < 4.78 is 2.15. The van der Waals surface area contributed by atoms with Gasteiger partial charge >= 0.3 is 0 Å². The lowest BCUT2D eigenvalue weighted by Gasteiger charge is -2.18. The van der Waals surface area contributed by atoms with E-state index < -0.39 is 0 Å². The molecule has 0 unspecified atom stereocenters. The Balaban J connectivity index is 3.22. The monoisotopic (exact) mass is 195 g/mol. The first-order valence-electron chi connectivity index (χ1n) is 5.10. The van der Waals surface area contributed by atoms with Crippen molar-refractivity contribution >= 4 is 0 Å². The molecule has 1 rings (SSSR count). The van der Waals surface area contributed by atoms with E-state index in [1.807, 2.05) is 6.92 Å². The lowest BCUT2D eigenvalue weighted by atomic mass is 9.90. The standard InChI is InChI=1S/C11H21N3/c1-8-13-10(11(2,3)4)9(6-7-12)14(8)5/h6-7,12H2,1-5H3. The zero-order valence-electron chi connectivity index (χ0n) is 9.89. The molecule has 0 aromatic carbocycles. The van der Waals surface area contributed by atoms with Gasteiger partial charge in [0.05, 0.1) is 5.69 Å². The average molecular weight is 195 g/mol. The van der Waals surface area contributed by atoms with Crippen LogP contribution in [-0.2, 0) is 18.9 Å². The lowest BCUT2D eigenvalue weighted by Crippen LogP contribution is -2.17. The third kappa shape index (κ3) is 1.98. The lowest BCUT2D eigenvalue weighted by molar-refractivity contribution is 0.561. The summed E-state index contributed by atoms with van der Waals surface area (Å²) in [4.78, 5) is 4.61. The number of hydrogen-bond donors (Lipinski definition) is 1. The molecule has 0 saturated carbocycles. The van der Waals surface area contributed by atoms with Gasteiger partial charge in [0.25, 0.3) is 0 Å². The van der Waals surface area contributed by atoms with Crippen molar-refractivity contribution in [2.45, 2.75) is 39.5 Å². The summed E-state index contributed by atoms with van der Waals surface area (Å²) in [5, 5.41) is 0. The predicted octanol–water partition coefficient (Wildman–Crippen LogP) is 1.53. The van der Waals surface area contributed by atoms with Gasteiger partial charge in [0, 0.05) is 24.6 Å². The van der Waals surface area contributed by atoms with E-state index in [9.17, 15) is 0 Å². The summed E-state index contributed by atoms with van der Waals surface area (Å²) in [6.07, 6.45) is 0.907. The smallest absolute Gasteiger partial charge is 0.105 e. The molecule has 0 spiro atoms. The van der Waals surface area contributed by atoms with Crippen LogP contribution in [0.25, 0.3) is 0 Å². The molecule has 2 N–H and O–H groups in total. The molecule has 14 heavy (non-hydrogen) atoms. The van der Waals surface area contributed by atoms with E-state index in [4.69, 9.17) is 5.73 Å². The van der Waals surface area contributed by atoms with Crippen molar-refractivity contribution in [1.82, 2.24) is 9.55 Å². The second-order valence-electron chi connectivity index (χ2n) is 4.80. The predicted molar refractivity (Wildman–Crippen MR) is 59.4 cm³/mol. The van der Waals surface area contributed by atoms with E-state index in [-0.39, 0.29) is 5.41 Å². The number of nitrogens with zero attached hydrogens (tertiary/aromatic N) is 2. The molecule has 3 nitrogen and oxygen atoms in total. The fourth-order valence-electron chi connectivity index (χ4n) is 1.68. The van der Waals surface area contributed by atoms with Gasteiger partial charge in [-0.2, -0.15) is 0 Å². The van der Waals surface area contributed by atoms with Crippen LogP contribution in [0.1, 0.15) is 38.0 Å². The van der Waals surface area contributed by atoms with Gasteiger partial charge in [-0.15, -0.1) is 0 Å². The minimum Gasteiger partial charge on any atom is -0.335 e. The number of rotatable bonds is 2. The van der Waals surface area contributed by atoms with E-state index in [1.165, 1.54) is 11.4 Å². The maximum Gasteiger partial charge on any atom is 0.105 e. The van der Waals surface area contributed by atoms with E-state index in [0.29, 0.717) is 6.54 Å². The molecule has 3 heteroatoms. The highest BCUT2D eigenvalue weighted by Gasteiger charge is 2.23. The summed E-state index contributed by atoms with van der Waals surface area (Å²) in [6.45, 7) is 9.29. The Kier molecular flexibility index (Phi) is 3.00. The molecular weight excluding hydrogens is 174 g/mol. The number of imidazole rings is 1. The quantitative estimate of drug-likeness (QED) is 0.777. The minimum atomic E-state index is 0.108. The molecule has 80 valence electrons. The van der Waals surface area contributed by atoms with Gasteiger partial charge in [-0.05, 0) is 13.5 Å². The van der Waals surface area contributed by atoms with Gasteiger partial charge in [-0.3, -0.25) is 0 Å². The molecule has 0 saturated heterocycles. The molecule has 0 aliphatic carbocycles. The molecule has 1 aromatic rings. The normalized spacial score (nSPS) is 12.1. The summed E-state index contributed by atoms with van der Waals surface area (Å²) in [5.74, 6) is 1.07. The highest BCUT2D eigenvalue weighted by Crippen LogP contribution is 2.25. The van der Waals surface area contributed by atoms with E-state index in [2.05, 4.69) is 37.4 Å². The van der Waals surface area contributed by atoms with Crippen LogP contribution >= 0.6 is 0 Å². The van der Waals surface area contributed by atoms with Crippen LogP contribution in [0.2, 0.25) is 0 Å². The highest BCUT2D eigenvalue weighted by atomic mass is 15.1. The zero-order valence-corrected chi connectivity index (χ0v) is 9.89. The second-order valence-corrected chi connectivity index (χ2v) is 4.80. The Morgan fingerprint density at radius 3 is 2.36 bits per heavy atom. The number of nitrogens with two attached hydrogens (primary N) is 1. The van der Waals surface area contributed by atoms with E-state index in [0.717, 1.165) is 12.2 Å². The maximum atomic E-state index is 5.61. The first-order valence-corrected chi connectivity index (χ1v) is 5.10. The molecule has 0 bridgehead atoms. The van der Waals surface area contributed by atoms with Gasteiger partial charge in [0.1, 0.15) is 5.82 Å². The van der Waals surface area contributed by atoms with Crippen molar-refractivity contribution in [2.75, 3.05) is 6.54 Å². The summed E-state index contributed by atoms with van der Waals surface area (Å²) >= 11 is 0. The van der Waals surface area contributed by atoms with Crippen LogP contribution in [0.15, 0.2) is 0 Å². The molecule has 0 amide bonds. The molecular formula is C11H21N3. The van der Waals surface area contributed by atoms with Gasteiger partial charge in [0.2, 0.25) is 0 Å². The van der Waals surface area contributed by atoms with Gasteiger partial charge < -0.3 is 10.3 Å². The van der Waals surface area contributed by atoms with Crippen LogP contribution in [0, 0.1) is 6.92 Å². The SMILES string of the molecule is Cc1nc(C(C)(C)C)c(CCN)n1C. The number of aryl methyl sites for hydroxylation is 1. The van der Waals surface area contributed by atoms with Crippen molar-refractivity contribution in [1.29, 1.82) is 0 Å².